The number of hydrogen-bond acceptors (Lipinski definition) is 6. The average Bonchev–Trinajstić information content (AvgIpc) is 2.52. The van der Waals surface area contributed by atoms with Crippen molar-refractivity contribution < 1.29 is 9.53 Å². The summed E-state index contributed by atoms with van der Waals surface area (Å²) >= 11 is 2.95. The predicted octanol–water partition coefficient (Wildman–Crippen LogP) is 1.77. The molecular weight excluding hydrogens is 220 g/mol. The smallest absolute Gasteiger partial charge is 0.306 e. The van der Waals surface area contributed by atoms with E-state index in [1.807, 2.05) is 0 Å². The van der Waals surface area contributed by atoms with Gasteiger partial charge in [-0.1, -0.05) is 23.1 Å². The summed E-state index contributed by atoms with van der Waals surface area (Å²) in [4.78, 5) is 15.0. The van der Waals surface area contributed by atoms with Gasteiger partial charge in [0.2, 0.25) is 0 Å². The number of rotatable bonds is 5. The second kappa shape index (κ2) is 5.87. The Morgan fingerprint density at radius 2 is 2.57 bits per heavy atom. The number of carbonyl (C=O) groups excluding carboxylic acids is 1. The van der Waals surface area contributed by atoms with Gasteiger partial charge in [0, 0.05) is 5.75 Å². The minimum Gasteiger partial charge on any atom is -0.466 e. The van der Waals surface area contributed by atoms with Crippen LogP contribution >= 0.6 is 23.1 Å². The second-order valence-corrected chi connectivity index (χ2v) is 4.84. The minimum atomic E-state index is -0.162. The summed E-state index contributed by atoms with van der Waals surface area (Å²) in [5.41, 5.74) is 5.51. The highest BCUT2D eigenvalue weighted by Gasteiger charge is 2.04. The number of thiazole rings is 1. The summed E-state index contributed by atoms with van der Waals surface area (Å²) in [7, 11) is 0. The molecular formula is C8H12N2O2S2. The minimum absolute atomic E-state index is 0.162. The molecule has 0 amide bonds. The maximum absolute atomic E-state index is 11.0. The molecule has 0 saturated heterocycles. The number of nitrogen functional groups attached to an aromatic ring is 1. The lowest BCUT2D eigenvalue weighted by molar-refractivity contribution is -0.142. The largest absolute Gasteiger partial charge is 0.466 e. The lowest BCUT2D eigenvalue weighted by Crippen LogP contribution is -2.04. The molecule has 1 aromatic heterocycles. The molecule has 0 bridgehead atoms. The van der Waals surface area contributed by atoms with Gasteiger partial charge >= 0.3 is 5.97 Å². The van der Waals surface area contributed by atoms with Crippen LogP contribution in [0.15, 0.2) is 10.5 Å². The summed E-state index contributed by atoms with van der Waals surface area (Å²) in [5, 5.41) is 0.698. The lowest BCUT2D eigenvalue weighted by Gasteiger charge is -1.99. The van der Waals surface area contributed by atoms with Crippen molar-refractivity contribution in [3.05, 3.63) is 6.20 Å². The number of hydrogen-bond donors (Lipinski definition) is 1. The zero-order chi connectivity index (χ0) is 10.4. The Hall–Kier alpha value is -0.750. The van der Waals surface area contributed by atoms with Crippen LogP contribution in [0.2, 0.25) is 0 Å². The Balaban J connectivity index is 2.18. The number of nitrogens with two attached hydrogens (primary N) is 1. The first-order chi connectivity index (χ1) is 6.72. The van der Waals surface area contributed by atoms with Crippen LogP contribution in [0.5, 0.6) is 0 Å². The lowest BCUT2D eigenvalue weighted by atomic mass is 10.5. The molecule has 0 aliphatic heterocycles. The van der Waals surface area contributed by atoms with E-state index in [2.05, 4.69) is 4.98 Å². The van der Waals surface area contributed by atoms with Crippen LogP contribution in [-0.2, 0) is 9.53 Å². The van der Waals surface area contributed by atoms with Gasteiger partial charge < -0.3 is 10.5 Å². The van der Waals surface area contributed by atoms with E-state index < -0.39 is 0 Å². The fraction of sp³-hybridized carbons (Fsp3) is 0.500. The van der Waals surface area contributed by atoms with Crippen molar-refractivity contribution in [1.29, 1.82) is 0 Å². The van der Waals surface area contributed by atoms with Crippen molar-refractivity contribution in [2.45, 2.75) is 17.7 Å². The molecule has 1 aromatic rings. The van der Waals surface area contributed by atoms with Crippen molar-refractivity contribution in [1.82, 2.24) is 4.98 Å². The highest BCUT2D eigenvalue weighted by Crippen LogP contribution is 2.25. The highest BCUT2D eigenvalue weighted by molar-refractivity contribution is 8.01. The Bertz CT molecular complexity index is 301. The van der Waals surface area contributed by atoms with Crippen molar-refractivity contribution >= 4 is 34.1 Å². The van der Waals surface area contributed by atoms with Gasteiger partial charge in [0.25, 0.3) is 0 Å². The van der Waals surface area contributed by atoms with E-state index in [0.29, 0.717) is 23.8 Å². The molecule has 1 rings (SSSR count). The molecule has 0 aromatic carbocycles. The number of esters is 1. The topological polar surface area (TPSA) is 65.2 Å². The van der Waals surface area contributed by atoms with Gasteiger partial charge in [0.05, 0.1) is 19.2 Å². The number of carbonyl (C=O) groups is 1. The van der Waals surface area contributed by atoms with Gasteiger partial charge in [-0.15, -0.1) is 0 Å². The van der Waals surface area contributed by atoms with E-state index in [1.54, 1.807) is 13.1 Å². The monoisotopic (exact) mass is 232 g/mol. The molecule has 0 radical (unpaired) electrons. The predicted molar refractivity (Wildman–Crippen MR) is 58.5 cm³/mol. The molecule has 2 N–H and O–H groups in total. The quantitative estimate of drug-likeness (QED) is 0.619. The molecule has 0 aliphatic carbocycles. The first kappa shape index (κ1) is 11.3. The normalized spacial score (nSPS) is 10.1. The van der Waals surface area contributed by atoms with Crippen molar-refractivity contribution in [2.24, 2.45) is 0 Å². The van der Waals surface area contributed by atoms with E-state index in [4.69, 9.17) is 10.5 Å². The molecule has 0 fully saturated rings. The molecule has 0 aliphatic rings. The molecule has 0 unspecified atom stereocenters. The van der Waals surface area contributed by atoms with Crippen molar-refractivity contribution in [2.75, 3.05) is 18.1 Å². The van der Waals surface area contributed by atoms with Crippen LogP contribution in [0.4, 0.5) is 5.00 Å². The molecule has 0 spiro atoms. The van der Waals surface area contributed by atoms with Crippen molar-refractivity contribution in [3.8, 4) is 0 Å². The van der Waals surface area contributed by atoms with Crippen LogP contribution in [0.25, 0.3) is 0 Å². The molecule has 14 heavy (non-hydrogen) atoms. The number of thioether (sulfide) groups is 1. The third-order valence-electron chi connectivity index (χ3n) is 1.34. The van der Waals surface area contributed by atoms with Crippen LogP contribution in [-0.4, -0.2) is 23.3 Å². The summed E-state index contributed by atoms with van der Waals surface area (Å²) in [6.45, 7) is 2.24. The number of nitrogens with zero attached hydrogens (tertiary/aromatic N) is 1. The molecule has 0 atom stereocenters. The van der Waals surface area contributed by atoms with Gasteiger partial charge in [-0.2, -0.15) is 0 Å². The maximum Gasteiger partial charge on any atom is 0.306 e. The summed E-state index contributed by atoms with van der Waals surface area (Å²) in [6, 6.07) is 0. The SMILES string of the molecule is CCOC(=O)CCSc1ncc(N)s1. The van der Waals surface area contributed by atoms with Crippen LogP contribution in [0.1, 0.15) is 13.3 Å². The van der Waals surface area contributed by atoms with E-state index in [9.17, 15) is 4.79 Å². The zero-order valence-electron chi connectivity index (χ0n) is 7.86. The molecule has 78 valence electrons. The van der Waals surface area contributed by atoms with Gasteiger partial charge in [-0.05, 0) is 6.92 Å². The first-order valence-electron chi connectivity index (χ1n) is 4.22. The molecule has 0 saturated carbocycles. The Kier molecular flexibility index (Phi) is 4.75. The fourth-order valence-electron chi connectivity index (χ4n) is 0.791. The summed E-state index contributed by atoms with van der Waals surface area (Å²) in [5.74, 6) is 0.524. The van der Waals surface area contributed by atoms with Crippen LogP contribution in [0, 0.1) is 0 Å². The standard InChI is InChI=1S/C8H12N2O2S2/c1-2-12-7(11)3-4-13-8-10-5-6(9)14-8/h5H,2-4,9H2,1H3. The number of aromatic nitrogens is 1. The second-order valence-electron chi connectivity index (χ2n) is 2.43. The average molecular weight is 232 g/mol. The third-order valence-corrected chi connectivity index (χ3v) is 3.32. The van der Waals surface area contributed by atoms with E-state index in [-0.39, 0.29) is 5.97 Å². The molecule has 1 heterocycles. The Morgan fingerprint density at radius 1 is 1.79 bits per heavy atom. The van der Waals surface area contributed by atoms with E-state index in [0.717, 1.165) is 4.34 Å². The summed E-state index contributed by atoms with van der Waals surface area (Å²) in [6.07, 6.45) is 2.04. The highest BCUT2D eigenvalue weighted by atomic mass is 32.2. The Labute approximate surface area is 90.9 Å². The van der Waals surface area contributed by atoms with Gasteiger partial charge in [0.1, 0.15) is 5.00 Å². The molecule has 6 heteroatoms. The van der Waals surface area contributed by atoms with Gasteiger partial charge in [-0.25, -0.2) is 4.98 Å². The molecule has 4 nitrogen and oxygen atoms in total. The first-order valence-corrected chi connectivity index (χ1v) is 6.02. The maximum atomic E-state index is 11.0. The Morgan fingerprint density at radius 3 is 3.14 bits per heavy atom. The fourth-order valence-corrected chi connectivity index (χ4v) is 2.55. The van der Waals surface area contributed by atoms with Crippen molar-refractivity contribution in [3.63, 3.8) is 0 Å². The summed E-state index contributed by atoms with van der Waals surface area (Å²) < 4.78 is 5.69. The van der Waals surface area contributed by atoms with E-state index >= 15 is 0 Å². The number of anilines is 1. The number of ether oxygens (including phenoxy) is 1. The van der Waals surface area contributed by atoms with Crippen LogP contribution < -0.4 is 5.73 Å². The van der Waals surface area contributed by atoms with Gasteiger partial charge in [0.15, 0.2) is 4.34 Å². The third kappa shape index (κ3) is 3.97. The zero-order valence-corrected chi connectivity index (χ0v) is 9.49. The van der Waals surface area contributed by atoms with Gasteiger partial charge in [-0.3, -0.25) is 4.79 Å². The van der Waals surface area contributed by atoms with Crippen LogP contribution in [0.3, 0.4) is 0 Å². The van der Waals surface area contributed by atoms with E-state index in [1.165, 1.54) is 23.1 Å².